The number of urea groups is 1. The molecule has 2 amide bonds. The average Bonchev–Trinajstić information content (AvgIpc) is 2.72. The number of aliphatic hydroxyl groups is 1. The van der Waals surface area contributed by atoms with Crippen LogP contribution >= 0.6 is 11.6 Å². The average molecular weight is 410 g/mol. The molecule has 0 aliphatic heterocycles. The van der Waals surface area contributed by atoms with Crippen LogP contribution in [0.1, 0.15) is 12.8 Å². The summed E-state index contributed by atoms with van der Waals surface area (Å²) >= 11 is 6.10. The van der Waals surface area contributed by atoms with Gasteiger partial charge < -0.3 is 16.2 Å². The molecule has 29 heavy (non-hydrogen) atoms. The van der Waals surface area contributed by atoms with Gasteiger partial charge in [-0.05, 0) is 49.2 Å². The monoisotopic (exact) mass is 409 g/mol. The molecule has 0 radical (unpaired) electrons. The summed E-state index contributed by atoms with van der Waals surface area (Å²) in [6, 6.07) is 13.4. The Hall–Kier alpha value is -3.16. The van der Waals surface area contributed by atoms with Gasteiger partial charge in [0.2, 0.25) is 0 Å². The van der Waals surface area contributed by atoms with Gasteiger partial charge in [0.15, 0.2) is 5.82 Å². The Bertz CT molecular complexity index is 1030. The largest absolute Gasteiger partial charge is 0.396 e. The lowest BCUT2D eigenvalue weighted by Crippen LogP contribution is -2.55. The molecule has 0 bridgehead atoms. The number of aromatic nitrogens is 2. The molecular weight excluding hydrogens is 390 g/mol. The van der Waals surface area contributed by atoms with Gasteiger partial charge >= 0.3 is 6.03 Å². The number of aliphatic hydroxyl groups excluding tert-OH is 1. The third-order valence-electron chi connectivity index (χ3n) is 4.92. The molecule has 1 saturated carbocycles. The number of nitrogen functional groups attached to an aromatic ring is 1. The molecule has 3 aromatic rings. The highest BCUT2D eigenvalue weighted by molar-refractivity contribution is 6.30. The minimum absolute atomic E-state index is 0.299. The number of nitrogens with two attached hydrogens (primary N) is 1. The van der Waals surface area contributed by atoms with Crippen LogP contribution in [-0.4, -0.2) is 33.3 Å². The number of hydrogen-bond acceptors (Lipinski definition) is 5. The van der Waals surface area contributed by atoms with Crippen LogP contribution < -0.4 is 16.0 Å². The van der Waals surface area contributed by atoms with Crippen molar-refractivity contribution < 1.29 is 9.90 Å². The first kappa shape index (κ1) is 19.2. The third kappa shape index (κ3) is 4.01. The molecule has 1 aliphatic rings. The SMILES string of the molecule is Nc1ccc(-c2cccc(Cl)c2)nc1N(C(=O)Nc1cccnc1)C1CC[C@H]1O. The number of nitrogens with zero attached hydrogens (tertiary/aromatic N) is 3. The zero-order valence-corrected chi connectivity index (χ0v) is 16.3. The van der Waals surface area contributed by atoms with Crippen molar-refractivity contribution in [1.29, 1.82) is 0 Å². The van der Waals surface area contributed by atoms with Crippen LogP contribution in [0.25, 0.3) is 11.3 Å². The van der Waals surface area contributed by atoms with Crippen LogP contribution in [0.2, 0.25) is 5.02 Å². The molecule has 148 valence electrons. The predicted molar refractivity (Wildman–Crippen MR) is 114 cm³/mol. The van der Waals surface area contributed by atoms with Crippen molar-refractivity contribution in [3.8, 4) is 11.3 Å². The van der Waals surface area contributed by atoms with Crippen molar-refractivity contribution in [2.45, 2.75) is 25.0 Å². The first-order valence-electron chi connectivity index (χ1n) is 9.23. The van der Waals surface area contributed by atoms with E-state index in [4.69, 9.17) is 17.3 Å². The lowest BCUT2D eigenvalue weighted by Gasteiger charge is -2.41. The molecule has 0 saturated heterocycles. The van der Waals surface area contributed by atoms with Crippen LogP contribution in [0.15, 0.2) is 60.9 Å². The van der Waals surface area contributed by atoms with Crippen LogP contribution in [0.3, 0.4) is 0 Å². The summed E-state index contributed by atoms with van der Waals surface area (Å²) < 4.78 is 0. The van der Waals surface area contributed by atoms with Gasteiger partial charge in [0.25, 0.3) is 0 Å². The zero-order valence-electron chi connectivity index (χ0n) is 15.5. The number of amides is 2. The maximum absolute atomic E-state index is 13.1. The summed E-state index contributed by atoms with van der Waals surface area (Å²) in [5, 5.41) is 13.6. The molecule has 0 spiro atoms. The van der Waals surface area contributed by atoms with Crippen molar-refractivity contribution in [1.82, 2.24) is 9.97 Å². The summed E-state index contributed by atoms with van der Waals surface area (Å²) in [6.45, 7) is 0. The molecule has 7 nitrogen and oxygen atoms in total. The number of benzene rings is 1. The Morgan fingerprint density at radius 2 is 2.07 bits per heavy atom. The normalized spacial score (nSPS) is 18.0. The second-order valence-corrected chi connectivity index (χ2v) is 7.31. The van der Waals surface area contributed by atoms with Gasteiger partial charge in [-0.1, -0.05) is 23.7 Å². The van der Waals surface area contributed by atoms with E-state index in [1.165, 1.54) is 4.90 Å². The van der Waals surface area contributed by atoms with Gasteiger partial charge in [0, 0.05) is 16.8 Å². The molecule has 1 unspecified atom stereocenters. The van der Waals surface area contributed by atoms with Gasteiger partial charge in [-0.15, -0.1) is 0 Å². The van der Waals surface area contributed by atoms with Gasteiger partial charge in [0.1, 0.15) is 0 Å². The number of nitrogens with one attached hydrogen (secondary N) is 1. The molecule has 4 N–H and O–H groups in total. The van der Waals surface area contributed by atoms with E-state index in [0.29, 0.717) is 40.8 Å². The minimum Gasteiger partial charge on any atom is -0.396 e. The molecule has 2 aromatic heterocycles. The summed E-state index contributed by atoms with van der Waals surface area (Å²) in [6.07, 6.45) is 3.81. The molecule has 4 rings (SSSR count). The van der Waals surface area contributed by atoms with E-state index >= 15 is 0 Å². The van der Waals surface area contributed by atoms with E-state index in [0.717, 1.165) is 5.56 Å². The highest BCUT2D eigenvalue weighted by Gasteiger charge is 2.39. The molecule has 2 atom stereocenters. The van der Waals surface area contributed by atoms with E-state index in [1.54, 1.807) is 48.8 Å². The van der Waals surface area contributed by atoms with E-state index in [-0.39, 0.29) is 0 Å². The molecular formula is C21H20ClN5O2. The predicted octanol–water partition coefficient (Wildman–Crippen LogP) is 3.94. The fraction of sp³-hybridized carbons (Fsp3) is 0.190. The van der Waals surface area contributed by atoms with Crippen molar-refractivity contribution in [3.63, 3.8) is 0 Å². The van der Waals surface area contributed by atoms with Crippen molar-refractivity contribution in [2.24, 2.45) is 0 Å². The molecule has 2 heterocycles. The van der Waals surface area contributed by atoms with Crippen molar-refractivity contribution in [3.05, 3.63) is 65.9 Å². The number of carbonyl (C=O) groups excluding carboxylic acids is 1. The minimum atomic E-state index is -0.634. The summed E-state index contributed by atoms with van der Waals surface area (Å²) in [4.78, 5) is 23.2. The Morgan fingerprint density at radius 1 is 1.21 bits per heavy atom. The molecule has 1 fully saturated rings. The van der Waals surface area contributed by atoms with Gasteiger partial charge in [0.05, 0.1) is 35.4 Å². The first-order chi connectivity index (χ1) is 14.0. The summed E-state index contributed by atoms with van der Waals surface area (Å²) in [7, 11) is 0. The quantitative estimate of drug-likeness (QED) is 0.605. The number of carbonyl (C=O) groups is 1. The number of rotatable bonds is 4. The highest BCUT2D eigenvalue weighted by atomic mass is 35.5. The Morgan fingerprint density at radius 3 is 2.72 bits per heavy atom. The van der Waals surface area contributed by atoms with Crippen molar-refractivity contribution >= 4 is 34.8 Å². The van der Waals surface area contributed by atoms with E-state index in [9.17, 15) is 9.90 Å². The zero-order chi connectivity index (χ0) is 20.4. The van der Waals surface area contributed by atoms with E-state index in [1.807, 2.05) is 12.1 Å². The van der Waals surface area contributed by atoms with Gasteiger partial charge in [-0.2, -0.15) is 0 Å². The second kappa shape index (κ2) is 8.06. The van der Waals surface area contributed by atoms with E-state index in [2.05, 4.69) is 15.3 Å². The summed E-state index contributed by atoms with van der Waals surface area (Å²) in [5.41, 5.74) is 8.51. The van der Waals surface area contributed by atoms with Crippen LogP contribution in [0, 0.1) is 0 Å². The molecule has 1 aliphatic carbocycles. The maximum Gasteiger partial charge on any atom is 0.327 e. The Labute approximate surface area is 173 Å². The Kier molecular flexibility index (Phi) is 5.33. The topological polar surface area (TPSA) is 104 Å². The lowest BCUT2D eigenvalue weighted by atomic mass is 9.87. The number of hydrogen-bond donors (Lipinski definition) is 3. The van der Waals surface area contributed by atoms with Crippen LogP contribution in [-0.2, 0) is 0 Å². The third-order valence-corrected chi connectivity index (χ3v) is 5.15. The van der Waals surface area contributed by atoms with Gasteiger partial charge in [-0.3, -0.25) is 9.88 Å². The van der Waals surface area contributed by atoms with Gasteiger partial charge in [-0.25, -0.2) is 9.78 Å². The van der Waals surface area contributed by atoms with E-state index < -0.39 is 18.2 Å². The molecule has 8 heteroatoms. The number of halogens is 1. The van der Waals surface area contributed by atoms with Crippen LogP contribution in [0.5, 0.6) is 0 Å². The first-order valence-corrected chi connectivity index (χ1v) is 9.61. The highest BCUT2D eigenvalue weighted by Crippen LogP contribution is 2.34. The lowest BCUT2D eigenvalue weighted by molar-refractivity contribution is 0.0676. The summed E-state index contributed by atoms with van der Waals surface area (Å²) in [5.74, 6) is 0.299. The Balaban J connectivity index is 1.72. The fourth-order valence-electron chi connectivity index (χ4n) is 3.25. The number of anilines is 3. The van der Waals surface area contributed by atoms with Crippen molar-refractivity contribution in [2.75, 3.05) is 16.0 Å². The smallest absolute Gasteiger partial charge is 0.327 e. The maximum atomic E-state index is 13.1. The fourth-order valence-corrected chi connectivity index (χ4v) is 3.44. The van der Waals surface area contributed by atoms with Crippen LogP contribution in [0.4, 0.5) is 22.0 Å². The number of pyridine rings is 2. The molecule has 1 aromatic carbocycles. The standard InChI is InChI=1S/C21H20ClN5O2/c22-14-4-1-3-13(11-14)17-7-6-16(23)20(26-17)27(18-8-9-19(18)28)21(29)25-15-5-2-10-24-12-15/h1-7,10-12,18-19,28H,8-9,23H2,(H,25,29)/t18?,19-/m1/s1. The second-order valence-electron chi connectivity index (χ2n) is 6.87.